The predicted octanol–water partition coefficient (Wildman–Crippen LogP) is 3.84. The Kier molecular flexibility index (Phi) is 5.27. The molecule has 0 unspecified atom stereocenters. The minimum Gasteiger partial charge on any atom is -0.388 e. The fraction of sp³-hybridized carbons (Fsp3) is 0.333. The normalized spacial score (nSPS) is 15.9. The molecular formula is C24H25N5O2S. The minimum atomic E-state index is -0.856. The van der Waals surface area contributed by atoms with Crippen LogP contribution in [0.2, 0.25) is 0 Å². The average Bonchev–Trinajstić information content (AvgIpc) is 3.35. The zero-order chi connectivity index (χ0) is 22.3. The van der Waals surface area contributed by atoms with Crippen LogP contribution in [0.4, 0.5) is 0 Å². The van der Waals surface area contributed by atoms with Crippen molar-refractivity contribution in [1.29, 1.82) is 0 Å². The number of piperidine rings is 1. The quantitative estimate of drug-likeness (QED) is 0.514. The van der Waals surface area contributed by atoms with Gasteiger partial charge in [0.25, 0.3) is 5.91 Å². The molecule has 1 N–H and O–H groups in total. The van der Waals surface area contributed by atoms with Gasteiger partial charge < -0.3 is 14.6 Å². The first kappa shape index (κ1) is 20.8. The SMILES string of the molecule is Cc1nc(C)c(C(=O)N2CCC(O)(Cn3ccc4nc(-c5ccncc5)ccc43)CC2)s1. The van der Waals surface area contributed by atoms with Crippen molar-refractivity contribution in [2.45, 2.75) is 38.8 Å². The number of hydrogen-bond acceptors (Lipinski definition) is 6. The van der Waals surface area contributed by atoms with Crippen LogP contribution >= 0.6 is 11.3 Å². The molecular weight excluding hydrogens is 422 g/mol. The van der Waals surface area contributed by atoms with Crippen LogP contribution in [-0.4, -0.2) is 54.1 Å². The number of nitrogens with zero attached hydrogens (tertiary/aromatic N) is 5. The molecule has 164 valence electrons. The van der Waals surface area contributed by atoms with E-state index in [1.165, 1.54) is 11.3 Å². The molecule has 1 aliphatic heterocycles. The van der Waals surface area contributed by atoms with Gasteiger partial charge >= 0.3 is 0 Å². The number of thiazole rings is 1. The summed E-state index contributed by atoms with van der Waals surface area (Å²) in [6.07, 6.45) is 6.58. The lowest BCUT2D eigenvalue weighted by atomic mass is 9.91. The average molecular weight is 448 g/mol. The van der Waals surface area contributed by atoms with Crippen molar-refractivity contribution in [2.24, 2.45) is 0 Å². The van der Waals surface area contributed by atoms with Crippen molar-refractivity contribution in [2.75, 3.05) is 13.1 Å². The number of hydrogen-bond donors (Lipinski definition) is 1. The lowest BCUT2D eigenvalue weighted by Gasteiger charge is -2.38. The molecule has 1 saturated heterocycles. The second-order valence-electron chi connectivity index (χ2n) is 8.44. The molecule has 1 amide bonds. The van der Waals surface area contributed by atoms with Crippen LogP contribution in [0.5, 0.6) is 0 Å². The van der Waals surface area contributed by atoms with E-state index >= 15 is 0 Å². The van der Waals surface area contributed by atoms with Gasteiger partial charge in [0.15, 0.2) is 0 Å². The van der Waals surface area contributed by atoms with Gasteiger partial charge in [0.05, 0.1) is 39.6 Å². The van der Waals surface area contributed by atoms with E-state index in [9.17, 15) is 9.90 Å². The number of likely N-dealkylation sites (tertiary alicyclic amines) is 1. The third kappa shape index (κ3) is 3.91. The van der Waals surface area contributed by atoms with E-state index in [0.717, 1.165) is 33.0 Å². The molecule has 0 aromatic carbocycles. The maximum atomic E-state index is 12.9. The largest absolute Gasteiger partial charge is 0.388 e. The number of aryl methyl sites for hydroxylation is 2. The van der Waals surface area contributed by atoms with Gasteiger partial charge in [-0.05, 0) is 57.0 Å². The van der Waals surface area contributed by atoms with E-state index in [1.54, 1.807) is 12.4 Å². The first-order valence-electron chi connectivity index (χ1n) is 10.7. The lowest BCUT2D eigenvalue weighted by molar-refractivity contribution is -0.0283. The van der Waals surface area contributed by atoms with Gasteiger partial charge in [-0.1, -0.05) is 0 Å². The Labute approximate surface area is 190 Å². The van der Waals surface area contributed by atoms with Crippen molar-refractivity contribution >= 4 is 28.3 Å². The van der Waals surface area contributed by atoms with Crippen molar-refractivity contribution in [1.82, 2.24) is 24.4 Å². The first-order chi connectivity index (χ1) is 15.4. The van der Waals surface area contributed by atoms with Gasteiger partial charge in [0, 0.05) is 37.2 Å². The molecule has 0 bridgehead atoms. The summed E-state index contributed by atoms with van der Waals surface area (Å²) in [5.74, 6) is 0.0226. The van der Waals surface area contributed by atoms with E-state index in [0.29, 0.717) is 37.4 Å². The van der Waals surface area contributed by atoms with E-state index in [2.05, 4.69) is 20.6 Å². The highest BCUT2D eigenvalue weighted by Gasteiger charge is 2.35. The number of carbonyl (C=O) groups excluding carboxylic acids is 1. The number of fused-ring (bicyclic) bond motifs is 1. The molecule has 1 aliphatic rings. The molecule has 7 nitrogen and oxygen atoms in total. The molecule has 8 heteroatoms. The van der Waals surface area contributed by atoms with Crippen molar-refractivity contribution in [3.05, 3.63) is 64.5 Å². The zero-order valence-corrected chi connectivity index (χ0v) is 19.0. The topological polar surface area (TPSA) is 84.1 Å². The monoisotopic (exact) mass is 447 g/mol. The van der Waals surface area contributed by atoms with Crippen molar-refractivity contribution < 1.29 is 9.90 Å². The third-order valence-corrected chi connectivity index (χ3v) is 7.20. The van der Waals surface area contributed by atoms with Crippen LogP contribution in [0.15, 0.2) is 48.9 Å². The van der Waals surface area contributed by atoms with Crippen LogP contribution in [0.25, 0.3) is 22.3 Å². The number of aromatic nitrogens is 4. The molecule has 5 rings (SSSR count). The van der Waals surface area contributed by atoms with Gasteiger partial charge in [0.1, 0.15) is 4.88 Å². The van der Waals surface area contributed by atoms with Gasteiger partial charge in [-0.25, -0.2) is 9.97 Å². The summed E-state index contributed by atoms with van der Waals surface area (Å²) >= 11 is 1.44. The maximum Gasteiger partial charge on any atom is 0.265 e. The molecule has 5 heterocycles. The van der Waals surface area contributed by atoms with Gasteiger partial charge in [-0.2, -0.15) is 0 Å². The summed E-state index contributed by atoms with van der Waals surface area (Å²) in [7, 11) is 0. The van der Waals surface area contributed by atoms with E-state index in [1.807, 2.05) is 49.2 Å². The van der Waals surface area contributed by atoms with Crippen LogP contribution in [0, 0.1) is 13.8 Å². The summed E-state index contributed by atoms with van der Waals surface area (Å²) in [5, 5.41) is 12.2. The molecule has 0 aliphatic carbocycles. The van der Waals surface area contributed by atoms with E-state index in [-0.39, 0.29) is 5.91 Å². The molecule has 1 fully saturated rings. The summed E-state index contributed by atoms with van der Waals surface area (Å²) in [4.78, 5) is 28.6. The fourth-order valence-electron chi connectivity index (χ4n) is 4.37. The molecule has 4 aromatic rings. The minimum absolute atomic E-state index is 0.0226. The standard InChI is InChI=1S/C24H25N5O2S/c1-16-22(32-17(2)26-16)23(30)28-13-8-24(31,9-14-28)15-29-12-7-20-21(29)4-3-19(27-20)18-5-10-25-11-6-18/h3-7,10-12,31H,8-9,13-15H2,1-2H3. The second-order valence-corrected chi connectivity index (χ2v) is 9.65. The van der Waals surface area contributed by atoms with E-state index < -0.39 is 5.60 Å². The molecule has 0 saturated carbocycles. The Morgan fingerprint density at radius 3 is 2.53 bits per heavy atom. The highest BCUT2D eigenvalue weighted by Crippen LogP contribution is 2.29. The number of amides is 1. The van der Waals surface area contributed by atoms with Crippen molar-refractivity contribution in [3.63, 3.8) is 0 Å². The Hall–Kier alpha value is -3.10. The zero-order valence-electron chi connectivity index (χ0n) is 18.2. The van der Waals surface area contributed by atoms with Gasteiger partial charge in [0.2, 0.25) is 0 Å². The molecule has 0 spiro atoms. The second kappa shape index (κ2) is 8.11. The number of carbonyl (C=O) groups is 1. The molecule has 32 heavy (non-hydrogen) atoms. The summed E-state index contributed by atoms with van der Waals surface area (Å²) in [6.45, 7) is 5.35. The Morgan fingerprint density at radius 1 is 1.09 bits per heavy atom. The number of pyridine rings is 2. The summed E-state index contributed by atoms with van der Waals surface area (Å²) < 4.78 is 2.06. The van der Waals surface area contributed by atoms with Crippen LogP contribution < -0.4 is 0 Å². The Morgan fingerprint density at radius 2 is 1.84 bits per heavy atom. The predicted molar refractivity (Wildman–Crippen MR) is 125 cm³/mol. The van der Waals surface area contributed by atoms with Gasteiger partial charge in [-0.3, -0.25) is 9.78 Å². The van der Waals surface area contributed by atoms with Crippen LogP contribution in [0.3, 0.4) is 0 Å². The molecule has 0 atom stereocenters. The number of aliphatic hydroxyl groups is 1. The number of rotatable bonds is 4. The molecule has 0 radical (unpaired) electrons. The third-order valence-electron chi connectivity index (χ3n) is 6.14. The Balaban J connectivity index is 1.29. The van der Waals surface area contributed by atoms with E-state index in [4.69, 9.17) is 4.98 Å². The highest BCUT2D eigenvalue weighted by molar-refractivity contribution is 7.13. The molecule has 4 aromatic heterocycles. The smallest absolute Gasteiger partial charge is 0.265 e. The summed E-state index contributed by atoms with van der Waals surface area (Å²) in [6, 6.07) is 9.92. The first-order valence-corrected chi connectivity index (χ1v) is 11.6. The lowest BCUT2D eigenvalue weighted by Crippen LogP contribution is -2.48. The van der Waals surface area contributed by atoms with Gasteiger partial charge in [-0.15, -0.1) is 11.3 Å². The maximum absolute atomic E-state index is 12.9. The van der Waals surface area contributed by atoms with Crippen LogP contribution in [-0.2, 0) is 6.54 Å². The summed E-state index contributed by atoms with van der Waals surface area (Å²) in [5.41, 5.74) is 3.74. The van der Waals surface area contributed by atoms with Crippen molar-refractivity contribution in [3.8, 4) is 11.3 Å². The highest BCUT2D eigenvalue weighted by atomic mass is 32.1. The van der Waals surface area contributed by atoms with Crippen LogP contribution in [0.1, 0.15) is 33.2 Å². The fourth-order valence-corrected chi connectivity index (χ4v) is 5.26. The Bertz CT molecular complexity index is 1270.